The minimum atomic E-state index is 0.625. The van der Waals surface area contributed by atoms with E-state index in [-0.39, 0.29) is 0 Å². The van der Waals surface area contributed by atoms with Crippen molar-refractivity contribution in [1.29, 1.82) is 0 Å². The third kappa shape index (κ3) is 3.91. The minimum absolute atomic E-state index is 0.625. The second kappa shape index (κ2) is 7.91. The molecule has 0 aromatic carbocycles. The van der Waals surface area contributed by atoms with E-state index in [1.807, 2.05) is 17.7 Å². The number of aromatic nitrogens is 4. The average molecular weight is 332 g/mol. The predicted octanol–water partition coefficient (Wildman–Crippen LogP) is 0.179. The van der Waals surface area contributed by atoms with Crippen molar-refractivity contribution >= 4 is 5.96 Å². The molecule has 3 rings (SSSR count). The number of guanidine groups is 1. The predicted molar refractivity (Wildman–Crippen MR) is 89.2 cm³/mol. The third-order valence-electron chi connectivity index (χ3n) is 4.20. The van der Waals surface area contributed by atoms with Gasteiger partial charge in [-0.25, -0.2) is 0 Å². The van der Waals surface area contributed by atoms with Crippen LogP contribution in [0.2, 0.25) is 0 Å². The second-order valence-corrected chi connectivity index (χ2v) is 5.69. The van der Waals surface area contributed by atoms with Crippen LogP contribution in [0.1, 0.15) is 18.4 Å². The highest BCUT2D eigenvalue weighted by Crippen LogP contribution is 2.07. The first kappa shape index (κ1) is 16.4. The van der Waals surface area contributed by atoms with E-state index < -0.39 is 0 Å². The Kier molecular flexibility index (Phi) is 5.42. The van der Waals surface area contributed by atoms with E-state index in [9.17, 15) is 0 Å². The Hall–Kier alpha value is -2.42. The van der Waals surface area contributed by atoms with Crippen molar-refractivity contribution in [3.8, 4) is 0 Å². The van der Waals surface area contributed by atoms with Crippen LogP contribution in [-0.2, 0) is 19.6 Å². The van der Waals surface area contributed by atoms with Crippen LogP contribution < -0.4 is 5.32 Å². The van der Waals surface area contributed by atoms with Crippen LogP contribution in [0.25, 0.3) is 0 Å². The molecule has 0 aliphatic carbocycles. The van der Waals surface area contributed by atoms with Gasteiger partial charge in [0, 0.05) is 52.4 Å². The maximum Gasteiger partial charge on any atom is 0.194 e. The first-order valence-corrected chi connectivity index (χ1v) is 8.24. The van der Waals surface area contributed by atoms with Crippen molar-refractivity contribution in [2.75, 3.05) is 33.2 Å². The van der Waals surface area contributed by atoms with Gasteiger partial charge in [-0.2, -0.15) is 0 Å². The molecule has 1 aliphatic heterocycles. The molecule has 0 spiro atoms. The van der Waals surface area contributed by atoms with Crippen LogP contribution in [-0.4, -0.2) is 68.9 Å². The standard InChI is InChI=1S/C15H24N8O/c1-3-22-12-18-19-14(22)10-17-15(16-2)23-7-5-21(6-8-23)11-13-4-9-24-20-13/h4,9,12H,3,5-8,10-11H2,1-2H3,(H,16,17). The summed E-state index contributed by atoms with van der Waals surface area (Å²) in [4.78, 5) is 9.04. The topological polar surface area (TPSA) is 87.6 Å². The Labute approximate surface area is 141 Å². The summed E-state index contributed by atoms with van der Waals surface area (Å²) in [6.07, 6.45) is 3.37. The Morgan fingerprint density at radius 3 is 2.83 bits per heavy atom. The van der Waals surface area contributed by atoms with Gasteiger partial charge in [0.1, 0.15) is 12.6 Å². The van der Waals surface area contributed by atoms with E-state index in [1.165, 1.54) is 0 Å². The number of hydrogen-bond donors (Lipinski definition) is 1. The first-order valence-electron chi connectivity index (χ1n) is 8.24. The molecular formula is C15H24N8O. The number of nitrogens with zero attached hydrogens (tertiary/aromatic N) is 7. The third-order valence-corrected chi connectivity index (χ3v) is 4.20. The van der Waals surface area contributed by atoms with Gasteiger partial charge in [-0.1, -0.05) is 5.16 Å². The molecule has 1 fully saturated rings. The Morgan fingerprint density at radius 2 is 2.17 bits per heavy atom. The second-order valence-electron chi connectivity index (χ2n) is 5.69. The van der Waals surface area contributed by atoms with Gasteiger partial charge in [0.05, 0.1) is 12.2 Å². The van der Waals surface area contributed by atoms with E-state index in [4.69, 9.17) is 4.52 Å². The van der Waals surface area contributed by atoms with Crippen LogP contribution in [0, 0.1) is 0 Å². The zero-order chi connectivity index (χ0) is 16.8. The molecule has 0 atom stereocenters. The highest BCUT2D eigenvalue weighted by Gasteiger charge is 2.20. The molecule has 0 bridgehead atoms. The van der Waals surface area contributed by atoms with E-state index in [1.54, 1.807) is 12.6 Å². The number of hydrogen-bond acceptors (Lipinski definition) is 6. The van der Waals surface area contributed by atoms with Crippen molar-refractivity contribution in [3.63, 3.8) is 0 Å². The van der Waals surface area contributed by atoms with E-state index >= 15 is 0 Å². The maximum absolute atomic E-state index is 4.89. The fourth-order valence-electron chi connectivity index (χ4n) is 2.84. The van der Waals surface area contributed by atoms with Crippen LogP contribution in [0.5, 0.6) is 0 Å². The molecular weight excluding hydrogens is 308 g/mol. The largest absolute Gasteiger partial charge is 0.364 e. The number of piperazine rings is 1. The summed E-state index contributed by atoms with van der Waals surface area (Å²) in [5.41, 5.74) is 0.977. The Bertz CT molecular complexity index is 642. The molecule has 1 N–H and O–H groups in total. The van der Waals surface area contributed by atoms with Gasteiger partial charge in [-0.05, 0) is 6.92 Å². The smallest absolute Gasteiger partial charge is 0.194 e. The van der Waals surface area contributed by atoms with Gasteiger partial charge in [0.2, 0.25) is 0 Å². The van der Waals surface area contributed by atoms with Crippen molar-refractivity contribution in [3.05, 3.63) is 30.2 Å². The van der Waals surface area contributed by atoms with Crippen LogP contribution in [0.15, 0.2) is 28.2 Å². The summed E-state index contributed by atoms with van der Waals surface area (Å²) in [5, 5.41) is 15.5. The maximum atomic E-state index is 4.89. The molecule has 9 heteroatoms. The highest BCUT2D eigenvalue weighted by molar-refractivity contribution is 5.79. The summed E-state index contributed by atoms with van der Waals surface area (Å²) < 4.78 is 6.91. The number of rotatable bonds is 5. The molecule has 9 nitrogen and oxygen atoms in total. The van der Waals surface area contributed by atoms with E-state index in [2.05, 4.69) is 42.4 Å². The summed E-state index contributed by atoms with van der Waals surface area (Å²) in [5.74, 6) is 1.82. The van der Waals surface area contributed by atoms with Crippen molar-refractivity contribution < 1.29 is 4.52 Å². The average Bonchev–Trinajstić information content (AvgIpc) is 3.28. The molecule has 3 heterocycles. The summed E-state index contributed by atoms with van der Waals surface area (Å²) in [6.45, 7) is 8.20. The normalized spacial score (nSPS) is 16.6. The first-order chi connectivity index (χ1) is 11.8. The van der Waals surface area contributed by atoms with Gasteiger partial charge in [-0.15, -0.1) is 10.2 Å². The number of aliphatic imine (C=N–C) groups is 1. The Balaban J connectivity index is 1.48. The van der Waals surface area contributed by atoms with Crippen LogP contribution in [0.3, 0.4) is 0 Å². The molecule has 1 aliphatic rings. The lowest BCUT2D eigenvalue weighted by Crippen LogP contribution is -2.52. The molecule has 2 aromatic heterocycles. The van der Waals surface area contributed by atoms with Gasteiger partial charge in [0.15, 0.2) is 11.8 Å². The van der Waals surface area contributed by atoms with E-state index in [0.29, 0.717) is 6.54 Å². The Morgan fingerprint density at radius 1 is 1.33 bits per heavy atom. The van der Waals surface area contributed by atoms with Crippen molar-refractivity contribution in [2.24, 2.45) is 4.99 Å². The van der Waals surface area contributed by atoms with Crippen LogP contribution in [0.4, 0.5) is 0 Å². The molecule has 0 amide bonds. The van der Waals surface area contributed by atoms with Crippen LogP contribution >= 0.6 is 0 Å². The molecule has 0 unspecified atom stereocenters. The summed E-state index contributed by atoms with van der Waals surface area (Å²) in [7, 11) is 1.81. The zero-order valence-electron chi connectivity index (χ0n) is 14.2. The molecule has 0 radical (unpaired) electrons. The number of nitrogens with one attached hydrogen (secondary N) is 1. The number of aryl methyl sites for hydroxylation is 1. The molecule has 24 heavy (non-hydrogen) atoms. The van der Waals surface area contributed by atoms with Crippen molar-refractivity contribution in [1.82, 2.24) is 35.0 Å². The fraction of sp³-hybridized carbons (Fsp3) is 0.600. The zero-order valence-corrected chi connectivity index (χ0v) is 14.2. The van der Waals surface area contributed by atoms with Gasteiger partial charge in [-0.3, -0.25) is 9.89 Å². The lowest BCUT2D eigenvalue weighted by atomic mass is 10.3. The van der Waals surface area contributed by atoms with Gasteiger partial charge < -0.3 is 19.3 Å². The lowest BCUT2D eigenvalue weighted by Gasteiger charge is -2.36. The molecule has 0 saturated carbocycles. The monoisotopic (exact) mass is 332 g/mol. The summed E-state index contributed by atoms with van der Waals surface area (Å²) >= 11 is 0. The SMILES string of the molecule is CCn1cnnc1CNC(=NC)N1CCN(Cc2ccon2)CC1. The minimum Gasteiger partial charge on any atom is -0.364 e. The van der Waals surface area contributed by atoms with Crippen molar-refractivity contribution in [2.45, 2.75) is 26.6 Å². The van der Waals surface area contributed by atoms with Gasteiger partial charge in [0.25, 0.3) is 0 Å². The lowest BCUT2D eigenvalue weighted by molar-refractivity contribution is 0.169. The summed E-state index contributed by atoms with van der Waals surface area (Å²) in [6, 6.07) is 1.91. The molecule has 2 aromatic rings. The molecule has 130 valence electrons. The fourth-order valence-corrected chi connectivity index (χ4v) is 2.84. The quantitative estimate of drug-likeness (QED) is 0.617. The van der Waals surface area contributed by atoms with E-state index in [0.717, 1.165) is 56.7 Å². The van der Waals surface area contributed by atoms with Gasteiger partial charge >= 0.3 is 0 Å². The molecule has 1 saturated heterocycles. The highest BCUT2D eigenvalue weighted by atomic mass is 16.5.